The van der Waals surface area contributed by atoms with Crippen LogP contribution in [0.25, 0.3) is 0 Å². The van der Waals surface area contributed by atoms with E-state index in [1.807, 2.05) is 0 Å². The normalized spacial score (nSPS) is 33.7. The molecule has 0 bridgehead atoms. The highest BCUT2D eigenvalue weighted by Gasteiger charge is 2.58. The Balaban J connectivity index is 3.12. The molecule has 1 aliphatic rings. The predicted molar refractivity (Wildman–Crippen MR) is 105 cm³/mol. The first-order chi connectivity index (χ1) is 12.1. The molecule has 1 fully saturated rings. The number of Topliss-reactive ketones (excluding diaryl/α,β-unsaturated/α-hetero) is 1. The second-order valence-corrected chi connectivity index (χ2v) is 13.9. The molecule has 1 aliphatic heterocycles. The molecule has 0 saturated carbocycles. The van der Waals surface area contributed by atoms with Gasteiger partial charge in [0, 0.05) is 20.6 Å². The van der Waals surface area contributed by atoms with Gasteiger partial charge in [0.15, 0.2) is 8.32 Å². The van der Waals surface area contributed by atoms with Crippen LogP contribution in [0, 0.1) is 0 Å². The first kappa shape index (κ1) is 24.7. The van der Waals surface area contributed by atoms with Crippen molar-refractivity contribution in [2.24, 2.45) is 0 Å². The molecule has 7 nitrogen and oxygen atoms in total. The van der Waals surface area contributed by atoms with Crippen LogP contribution >= 0.6 is 0 Å². The van der Waals surface area contributed by atoms with Crippen LogP contribution in [-0.2, 0) is 28.2 Å². The summed E-state index contributed by atoms with van der Waals surface area (Å²) in [5.74, 6) is -2.58. The lowest BCUT2D eigenvalue weighted by Gasteiger charge is -2.53. The van der Waals surface area contributed by atoms with Crippen molar-refractivity contribution < 1.29 is 33.3 Å². The highest BCUT2D eigenvalue weighted by molar-refractivity contribution is 6.74. The van der Waals surface area contributed by atoms with Gasteiger partial charge < -0.3 is 28.5 Å². The first-order valence-electron chi connectivity index (χ1n) is 9.40. The number of rotatable bonds is 8. The third-order valence-electron chi connectivity index (χ3n) is 6.00. The molecule has 8 heteroatoms. The number of aliphatic hydroxyl groups is 1. The van der Waals surface area contributed by atoms with Gasteiger partial charge in [-0.15, -0.1) is 0 Å². The topological polar surface area (TPSA) is 83.5 Å². The number of methoxy groups -OCH3 is 2. The Labute approximate surface area is 164 Å². The summed E-state index contributed by atoms with van der Waals surface area (Å²) in [6, 6.07) is 0. The number of ketones is 1. The molecule has 0 aromatic carbocycles. The van der Waals surface area contributed by atoms with Crippen LogP contribution in [0.4, 0.5) is 0 Å². The quantitative estimate of drug-likeness (QED) is 0.621. The van der Waals surface area contributed by atoms with Crippen molar-refractivity contribution in [2.75, 3.05) is 20.8 Å². The Morgan fingerprint density at radius 1 is 1.15 bits per heavy atom. The van der Waals surface area contributed by atoms with Crippen molar-refractivity contribution in [2.45, 2.75) is 96.0 Å². The van der Waals surface area contributed by atoms with Gasteiger partial charge in [-0.2, -0.15) is 0 Å². The van der Waals surface area contributed by atoms with Crippen molar-refractivity contribution in [1.29, 1.82) is 0 Å². The largest absolute Gasteiger partial charge is 0.414 e. The highest BCUT2D eigenvalue weighted by Crippen LogP contribution is 2.42. The molecule has 0 aliphatic carbocycles. The van der Waals surface area contributed by atoms with E-state index in [1.54, 1.807) is 13.8 Å². The third kappa shape index (κ3) is 5.38. The van der Waals surface area contributed by atoms with Gasteiger partial charge in [0.1, 0.15) is 18.0 Å². The Bertz CT molecular complexity index is 519. The Morgan fingerprint density at radius 2 is 1.63 bits per heavy atom. The lowest BCUT2D eigenvalue weighted by atomic mass is 9.98. The van der Waals surface area contributed by atoms with Crippen LogP contribution in [0.1, 0.15) is 48.0 Å². The van der Waals surface area contributed by atoms with E-state index < -0.39 is 38.2 Å². The molecule has 0 radical (unpaired) electrons. The molecule has 0 aromatic rings. The molecule has 1 N–H and O–H groups in total. The number of aliphatic hydroxyl groups excluding tert-OH is 1. The molecule has 1 heterocycles. The fraction of sp³-hybridized carbons (Fsp3) is 0.947. The maximum Gasteiger partial charge on any atom is 0.220 e. The van der Waals surface area contributed by atoms with Gasteiger partial charge in [0.25, 0.3) is 0 Å². The minimum Gasteiger partial charge on any atom is -0.414 e. The van der Waals surface area contributed by atoms with Crippen molar-refractivity contribution in [3.8, 4) is 0 Å². The zero-order valence-electron chi connectivity index (χ0n) is 18.5. The maximum absolute atomic E-state index is 11.5. The molecule has 1 rings (SSSR count). The van der Waals surface area contributed by atoms with Crippen LogP contribution < -0.4 is 0 Å². The average Bonchev–Trinajstić information content (AvgIpc) is 2.53. The summed E-state index contributed by atoms with van der Waals surface area (Å²) in [6.07, 6.45) is -2.46. The van der Waals surface area contributed by atoms with E-state index >= 15 is 0 Å². The molecule has 1 saturated heterocycles. The molecule has 27 heavy (non-hydrogen) atoms. The van der Waals surface area contributed by atoms with Gasteiger partial charge >= 0.3 is 0 Å². The summed E-state index contributed by atoms with van der Waals surface area (Å²) < 4.78 is 29.7. The van der Waals surface area contributed by atoms with Crippen LogP contribution in [0.15, 0.2) is 0 Å². The summed E-state index contributed by atoms with van der Waals surface area (Å²) in [6.45, 7) is 15.8. The van der Waals surface area contributed by atoms with Crippen molar-refractivity contribution in [1.82, 2.24) is 0 Å². The number of ether oxygens (including phenoxy) is 4. The number of carbonyl (C=O) groups is 1. The van der Waals surface area contributed by atoms with Gasteiger partial charge in [-0.05, 0) is 38.9 Å². The predicted octanol–water partition coefficient (Wildman–Crippen LogP) is 2.86. The van der Waals surface area contributed by atoms with E-state index in [1.165, 1.54) is 21.1 Å². The second-order valence-electron chi connectivity index (χ2n) is 9.08. The van der Waals surface area contributed by atoms with Gasteiger partial charge in [-0.3, -0.25) is 4.79 Å². The molecule has 0 spiro atoms. The van der Waals surface area contributed by atoms with E-state index in [9.17, 15) is 9.90 Å². The Morgan fingerprint density at radius 3 is 2.04 bits per heavy atom. The van der Waals surface area contributed by atoms with Crippen molar-refractivity contribution >= 4 is 14.1 Å². The van der Waals surface area contributed by atoms with Gasteiger partial charge in [0.05, 0.1) is 12.7 Å². The second kappa shape index (κ2) is 8.57. The lowest BCUT2D eigenvalue weighted by molar-refractivity contribution is -0.455. The number of hydrogen-bond acceptors (Lipinski definition) is 7. The van der Waals surface area contributed by atoms with Crippen LogP contribution in [0.3, 0.4) is 0 Å². The Hall–Kier alpha value is -0.353. The van der Waals surface area contributed by atoms with E-state index in [0.717, 1.165) is 0 Å². The minimum absolute atomic E-state index is 0.0294. The lowest BCUT2D eigenvalue weighted by Crippen LogP contribution is -2.68. The van der Waals surface area contributed by atoms with E-state index in [0.29, 0.717) is 0 Å². The monoisotopic (exact) mass is 406 g/mol. The molecule has 0 amide bonds. The minimum atomic E-state index is -2.04. The SMILES string of the molecule is CO[C@]1(C)O[C@@H]([C@H](O)CC(C)=O)[C@H](CO[Si](C)(C)C(C)(C)C)O[C@@]1(C)OC. The van der Waals surface area contributed by atoms with Gasteiger partial charge in [-0.25, -0.2) is 0 Å². The average molecular weight is 407 g/mol. The highest BCUT2D eigenvalue weighted by atomic mass is 28.4. The number of hydrogen-bond donors (Lipinski definition) is 1. The summed E-state index contributed by atoms with van der Waals surface area (Å²) in [4.78, 5) is 11.5. The molecule has 0 aromatic heterocycles. The summed E-state index contributed by atoms with van der Waals surface area (Å²) in [5, 5.41) is 10.6. The summed E-state index contributed by atoms with van der Waals surface area (Å²) in [7, 11) is 0.958. The summed E-state index contributed by atoms with van der Waals surface area (Å²) in [5.41, 5.74) is 0. The molecule has 160 valence electrons. The zero-order chi connectivity index (χ0) is 21.3. The molecule has 5 atom stereocenters. The smallest absolute Gasteiger partial charge is 0.220 e. The third-order valence-corrected chi connectivity index (χ3v) is 10.5. The van der Waals surface area contributed by atoms with Gasteiger partial charge in [-0.1, -0.05) is 20.8 Å². The molecular formula is C19H38O7Si. The summed E-state index contributed by atoms with van der Waals surface area (Å²) >= 11 is 0. The van der Waals surface area contributed by atoms with E-state index in [-0.39, 0.29) is 23.8 Å². The van der Waals surface area contributed by atoms with Gasteiger partial charge in [0.2, 0.25) is 11.6 Å². The zero-order valence-corrected chi connectivity index (χ0v) is 19.5. The van der Waals surface area contributed by atoms with Crippen LogP contribution in [0.2, 0.25) is 18.1 Å². The van der Waals surface area contributed by atoms with Crippen LogP contribution in [0.5, 0.6) is 0 Å². The Kier molecular flexibility index (Phi) is 7.83. The van der Waals surface area contributed by atoms with E-state index in [2.05, 4.69) is 33.9 Å². The fourth-order valence-corrected chi connectivity index (χ4v) is 3.76. The van der Waals surface area contributed by atoms with E-state index in [4.69, 9.17) is 23.4 Å². The molecular weight excluding hydrogens is 368 g/mol. The first-order valence-corrected chi connectivity index (χ1v) is 12.3. The molecule has 0 unspecified atom stereocenters. The fourth-order valence-electron chi connectivity index (χ4n) is 2.75. The number of carbonyl (C=O) groups excluding carboxylic acids is 1. The standard InChI is InChI=1S/C19H38O7Si/c1-13(20)11-14(21)16-15(12-24-27(9,10)17(2,3)4)25-18(5,22-7)19(6,23-8)26-16/h14-16,21H,11-12H2,1-10H3/t14-,15+,16+,18-,19-/m1/s1. The van der Waals surface area contributed by atoms with Crippen molar-refractivity contribution in [3.05, 3.63) is 0 Å². The maximum atomic E-state index is 11.5. The van der Waals surface area contributed by atoms with Crippen molar-refractivity contribution in [3.63, 3.8) is 0 Å². The van der Waals surface area contributed by atoms with Crippen LogP contribution in [-0.4, -0.2) is 69.9 Å².